The summed E-state index contributed by atoms with van der Waals surface area (Å²) in [7, 11) is 1.61. The van der Waals surface area contributed by atoms with E-state index in [0.29, 0.717) is 18.5 Å². The molecule has 0 radical (unpaired) electrons. The first-order valence-electron chi connectivity index (χ1n) is 10.8. The number of hydrogen-bond acceptors (Lipinski definition) is 3. The normalized spacial score (nSPS) is 12.7. The van der Waals surface area contributed by atoms with Crippen molar-refractivity contribution in [1.29, 1.82) is 0 Å². The summed E-state index contributed by atoms with van der Waals surface area (Å²) in [6.45, 7) is 2.30. The average Bonchev–Trinajstić information content (AvgIpc) is 2.80. The number of primary amides is 1. The predicted octanol–water partition coefficient (Wildman–Crippen LogP) is 3.00. The van der Waals surface area contributed by atoms with Crippen LogP contribution in [0.2, 0.25) is 0 Å². The van der Waals surface area contributed by atoms with Gasteiger partial charge in [0, 0.05) is 26.4 Å². The van der Waals surface area contributed by atoms with Gasteiger partial charge in [-0.1, -0.05) is 72.8 Å². The number of nitrogens with two attached hydrogens (primary N) is 1. The fourth-order valence-electron chi connectivity index (χ4n) is 3.91. The lowest BCUT2D eigenvalue weighted by Crippen LogP contribution is -2.50. The largest absolute Gasteiger partial charge is 0.370 e. The van der Waals surface area contributed by atoms with E-state index in [2.05, 4.69) is 5.32 Å². The number of hydrogen-bond donors (Lipinski definition) is 2. The minimum Gasteiger partial charge on any atom is -0.370 e. The highest BCUT2D eigenvalue weighted by molar-refractivity contribution is 5.94. The third-order valence-corrected chi connectivity index (χ3v) is 5.62. The fourth-order valence-corrected chi connectivity index (χ4v) is 3.91. The lowest BCUT2D eigenvalue weighted by atomic mass is 9.91. The average molecular weight is 432 g/mol. The SMILES string of the molecule is CCNC(=O)[C@@H](Cc1ccccc1)N(C)C(=O)C(CC(N)=O)c1ccc2ccccc2c1. The molecule has 6 heteroatoms. The molecule has 0 heterocycles. The molecule has 0 spiro atoms. The number of carbonyl (C=O) groups excluding carboxylic acids is 3. The number of nitrogens with zero attached hydrogens (tertiary/aromatic N) is 1. The smallest absolute Gasteiger partial charge is 0.243 e. The van der Waals surface area contributed by atoms with Gasteiger partial charge in [0.05, 0.1) is 5.92 Å². The maximum absolute atomic E-state index is 13.6. The van der Waals surface area contributed by atoms with Gasteiger partial charge in [-0.05, 0) is 28.8 Å². The second kappa shape index (κ2) is 10.6. The third kappa shape index (κ3) is 5.52. The molecule has 32 heavy (non-hydrogen) atoms. The van der Waals surface area contributed by atoms with Gasteiger partial charge in [0.15, 0.2) is 0 Å². The molecule has 3 N–H and O–H groups in total. The van der Waals surface area contributed by atoms with Crippen LogP contribution in [0.4, 0.5) is 0 Å². The van der Waals surface area contributed by atoms with Crippen LogP contribution < -0.4 is 11.1 Å². The van der Waals surface area contributed by atoms with Crippen molar-refractivity contribution >= 4 is 28.5 Å². The van der Waals surface area contributed by atoms with Crippen molar-refractivity contribution in [2.75, 3.05) is 13.6 Å². The summed E-state index contributed by atoms with van der Waals surface area (Å²) in [6, 6.07) is 22.4. The van der Waals surface area contributed by atoms with Gasteiger partial charge in [0.2, 0.25) is 17.7 Å². The van der Waals surface area contributed by atoms with Crippen molar-refractivity contribution in [2.24, 2.45) is 5.73 Å². The number of likely N-dealkylation sites (N-methyl/N-ethyl adjacent to an activating group) is 2. The van der Waals surface area contributed by atoms with E-state index in [9.17, 15) is 14.4 Å². The predicted molar refractivity (Wildman–Crippen MR) is 126 cm³/mol. The highest BCUT2D eigenvalue weighted by Crippen LogP contribution is 2.27. The molecule has 0 fully saturated rings. The Bertz CT molecular complexity index is 1100. The van der Waals surface area contributed by atoms with Crippen molar-refractivity contribution < 1.29 is 14.4 Å². The lowest BCUT2D eigenvalue weighted by molar-refractivity contribution is -0.141. The van der Waals surface area contributed by atoms with E-state index in [1.165, 1.54) is 4.90 Å². The Hall–Kier alpha value is -3.67. The van der Waals surface area contributed by atoms with Crippen LogP contribution in [0.3, 0.4) is 0 Å². The van der Waals surface area contributed by atoms with Crippen LogP contribution in [0.15, 0.2) is 72.8 Å². The molecule has 3 aromatic rings. The van der Waals surface area contributed by atoms with E-state index in [-0.39, 0.29) is 18.2 Å². The highest BCUT2D eigenvalue weighted by Gasteiger charge is 2.33. The van der Waals surface area contributed by atoms with Gasteiger partial charge in [-0.15, -0.1) is 0 Å². The number of nitrogens with one attached hydrogen (secondary N) is 1. The van der Waals surface area contributed by atoms with Crippen molar-refractivity contribution in [3.63, 3.8) is 0 Å². The fraction of sp³-hybridized carbons (Fsp3) is 0.269. The molecule has 2 atom stereocenters. The van der Waals surface area contributed by atoms with Gasteiger partial charge in [-0.25, -0.2) is 0 Å². The molecule has 6 nitrogen and oxygen atoms in total. The first-order valence-corrected chi connectivity index (χ1v) is 10.8. The van der Waals surface area contributed by atoms with Crippen LogP contribution in [0, 0.1) is 0 Å². The second-order valence-corrected chi connectivity index (χ2v) is 7.88. The molecular formula is C26H29N3O3. The lowest BCUT2D eigenvalue weighted by Gasteiger charge is -2.30. The Morgan fingerprint density at radius 2 is 1.59 bits per heavy atom. The molecule has 3 amide bonds. The van der Waals surface area contributed by atoms with Crippen molar-refractivity contribution in [3.05, 3.63) is 83.9 Å². The van der Waals surface area contributed by atoms with Crippen LogP contribution in [-0.2, 0) is 20.8 Å². The number of amides is 3. The summed E-state index contributed by atoms with van der Waals surface area (Å²) >= 11 is 0. The topological polar surface area (TPSA) is 92.5 Å². The second-order valence-electron chi connectivity index (χ2n) is 7.88. The van der Waals surface area contributed by atoms with Crippen LogP contribution in [0.25, 0.3) is 10.8 Å². The Labute approximate surface area is 188 Å². The van der Waals surface area contributed by atoms with Crippen molar-refractivity contribution in [1.82, 2.24) is 10.2 Å². The summed E-state index contributed by atoms with van der Waals surface area (Å²) in [5.74, 6) is -1.88. The maximum atomic E-state index is 13.6. The van der Waals surface area contributed by atoms with E-state index in [1.54, 1.807) is 7.05 Å². The van der Waals surface area contributed by atoms with E-state index in [0.717, 1.165) is 16.3 Å². The van der Waals surface area contributed by atoms with Gasteiger partial charge in [-0.3, -0.25) is 14.4 Å². The molecule has 1 unspecified atom stereocenters. The van der Waals surface area contributed by atoms with Crippen LogP contribution >= 0.6 is 0 Å². The molecule has 3 aromatic carbocycles. The molecule has 3 rings (SSSR count). The van der Waals surface area contributed by atoms with Gasteiger partial charge < -0.3 is 16.0 Å². The van der Waals surface area contributed by atoms with Crippen molar-refractivity contribution in [2.45, 2.75) is 31.7 Å². The molecule has 0 aromatic heterocycles. The quantitative estimate of drug-likeness (QED) is 0.545. The zero-order chi connectivity index (χ0) is 23.1. The summed E-state index contributed by atoms with van der Waals surface area (Å²) in [6.07, 6.45) is 0.241. The van der Waals surface area contributed by atoms with Gasteiger partial charge in [0.1, 0.15) is 6.04 Å². The van der Waals surface area contributed by atoms with Crippen LogP contribution in [-0.4, -0.2) is 42.3 Å². The molecule has 0 aliphatic rings. The summed E-state index contributed by atoms with van der Waals surface area (Å²) in [5, 5.41) is 4.83. The minimum absolute atomic E-state index is 0.130. The first-order chi connectivity index (χ1) is 15.4. The molecule has 0 saturated carbocycles. The number of fused-ring (bicyclic) bond motifs is 1. The first kappa shape index (κ1) is 23.0. The minimum atomic E-state index is -0.769. The van der Waals surface area contributed by atoms with Crippen LogP contribution in [0.1, 0.15) is 30.4 Å². The molecule has 0 aliphatic carbocycles. The van der Waals surface area contributed by atoms with E-state index in [1.807, 2.05) is 79.7 Å². The Morgan fingerprint density at radius 3 is 2.25 bits per heavy atom. The molecule has 0 bridgehead atoms. The number of carbonyl (C=O) groups is 3. The zero-order valence-corrected chi connectivity index (χ0v) is 18.5. The molecule has 0 aliphatic heterocycles. The van der Waals surface area contributed by atoms with E-state index in [4.69, 9.17) is 5.73 Å². The van der Waals surface area contributed by atoms with Crippen LogP contribution in [0.5, 0.6) is 0 Å². The van der Waals surface area contributed by atoms with Gasteiger partial charge >= 0.3 is 0 Å². The van der Waals surface area contributed by atoms with Gasteiger partial charge in [-0.2, -0.15) is 0 Å². The molecule has 0 saturated heterocycles. The number of benzene rings is 3. The summed E-state index contributed by atoms with van der Waals surface area (Å²) in [4.78, 5) is 39.7. The Balaban J connectivity index is 1.94. The molecular weight excluding hydrogens is 402 g/mol. The summed E-state index contributed by atoms with van der Waals surface area (Å²) in [5.41, 5.74) is 7.15. The monoisotopic (exact) mass is 431 g/mol. The summed E-state index contributed by atoms with van der Waals surface area (Å²) < 4.78 is 0. The highest BCUT2D eigenvalue weighted by atomic mass is 16.2. The molecule has 166 valence electrons. The Morgan fingerprint density at radius 1 is 0.938 bits per heavy atom. The maximum Gasteiger partial charge on any atom is 0.243 e. The third-order valence-electron chi connectivity index (χ3n) is 5.62. The number of rotatable bonds is 9. The van der Waals surface area contributed by atoms with Gasteiger partial charge in [0.25, 0.3) is 0 Å². The van der Waals surface area contributed by atoms with E-state index >= 15 is 0 Å². The standard InChI is InChI=1S/C26H29N3O3/c1-3-28-25(31)23(15-18-9-5-4-6-10-18)29(2)26(32)22(17-24(27)30)21-14-13-19-11-7-8-12-20(19)16-21/h4-14,16,22-23H,3,15,17H2,1-2H3,(H2,27,30)(H,28,31)/t22?,23-/m1/s1. The zero-order valence-electron chi connectivity index (χ0n) is 18.5. The Kier molecular flexibility index (Phi) is 7.60. The van der Waals surface area contributed by atoms with Crippen molar-refractivity contribution in [3.8, 4) is 0 Å². The van der Waals surface area contributed by atoms with E-state index < -0.39 is 17.9 Å².